The Morgan fingerprint density at radius 3 is 1.60 bits per heavy atom. The van der Waals surface area contributed by atoms with Gasteiger partial charge in [0.05, 0.1) is 5.69 Å². The maximum Gasteiger partial charge on any atom is 0.261 e. The van der Waals surface area contributed by atoms with E-state index in [1.807, 2.05) is 0 Å². The molecule has 1 aliphatic carbocycles. The molecule has 0 radical (unpaired) electrons. The van der Waals surface area contributed by atoms with Gasteiger partial charge in [-0.15, -0.1) is 0 Å². The summed E-state index contributed by atoms with van der Waals surface area (Å²) in [7, 11) is 0. The van der Waals surface area contributed by atoms with Crippen LogP contribution < -0.4 is 30.8 Å². The molecule has 0 saturated heterocycles. The predicted molar refractivity (Wildman–Crippen MR) is 262 cm³/mol. The molecule has 2 aliphatic heterocycles. The van der Waals surface area contributed by atoms with Gasteiger partial charge in [-0.1, -0.05) is 172 Å². The van der Waals surface area contributed by atoms with E-state index in [0.717, 1.165) is 73.2 Å². The second kappa shape index (κ2) is 13.6. The first-order valence-electron chi connectivity index (χ1n) is 21.9. The number of fused-ring (bicyclic) bond motifs is 11. The van der Waals surface area contributed by atoms with Gasteiger partial charge in [0, 0.05) is 38.8 Å². The first kappa shape index (κ1) is 35.9. The minimum Gasteiger partial charge on any atom is -0.458 e. The van der Waals surface area contributed by atoms with E-state index in [2.05, 4.69) is 225 Å². The molecule has 0 spiro atoms. The van der Waals surface area contributed by atoms with Crippen LogP contribution in [-0.4, -0.2) is 6.71 Å². The van der Waals surface area contributed by atoms with Crippen molar-refractivity contribution in [1.82, 2.24) is 0 Å². The van der Waals surface area contributed by atoms with Crippen LogP contribution in [0, 0.1) is 0 Å². The molecule has 0 N–H and O–H groups in total. The molecule has 0 bridgehead atoms. The minimum absolute atomic E-state index is 0.150. The molecule has 3 aliphatic rings. The number of nitrogens with zero attached hydrogens (tertiary/aromatic N) is 1. The molecule has 10 aromatic rings. The Bertz CT molecular complexity index is 3440. The number of anilines is 3. The predicted octanol–water partition coefficient (Wildman–Crippen LogP) is 13.8. The fourth-order valence-corrected chi connectivity index (χ4v) is 10.8. The van der Waals surface area contributed by atoms with Gasteiger partial charge in [-0.05, 0) is 109 Å². The van der Waals surface area contributed by atoms with E-state index in [9.17, 15) is 0 Å². The molecule has 0 amide bonds. The van der Waals surface area contributed by atoms with Gasteiger partial charge in [0.25, 0.3) is 6.71 Å². The highest BCUT2D eigenvalue weighted by Crippen LogP contribution is 2.56. The quantitative estimate of drug-likeness (QED) is 0.162. The number of ether oxygens (including phenoxy) is 2. The van der Waals surface area contributed by atoms with Gasteiger partial charge in [-0.25, -0.2) is 0 Å². The van der Waals surface area contributed by atoms with E-state index >= 15 is 0 Å². The van der Waals surface area contributed by atoms with Crippen LogP contribution in [0.3, 0.4) is 0 Å². The maximum atomic E-state index is 7.44. The second-order valence-corrected chi connectivity index (χ2v) is 17.5. The van der Waals surface area contributed by atoms with Crippen molar-refractivity contribution in [1.29, 1.82) is 0 Å². The van der Waals surface area contributed by atoms with Gasteiger partial charge in [0.2, 0.25) is 0 Å². The number of benzene rings is 10. The molecular formula is C59H40BNO2. The molecule has 0 fully saturated rings. The van der Waals surface area contributed by atoms with Crippen molar-refractivity contribution in [3.8, 4) is 56.4 Å². The molecule has 2 heterocycles. The highest BCUT2D eigenvalue weighted by atomic mass is 16.5. The molecule has 0 unspecified atom stereocenters. The summed E-state index contributed by atoms with van der Waals surface area (Å²) >= 11 is 0. The fraction of sp³-hybridized carbons (Fsp3) is 0.0508. The third kappa shape index (κ3) is 5.28. The fourth-order valence-electron chi connectivity index (χ4n) is 10.8. The summed E-state index contributed by atoms with van der Waals surface area (Å²) in [6.45, 7) is 4.65. The molecule has 0 atom stereocenters. The monoisotopic (exact) mass is 805 g/mol. The molecule has 13 rings (SSSR count). The van der Waals surface area contributed by atoms with E-state index in [1.165, 1.54) is 49.3 Å². The lowest BCUT2D eigenvalue weighted by Gasteiger charge is -2.36. The summed E-state index contributed by atoms with van der Waals surface area (Å²) in [4.78, 5) is 2.41. The van der Waals surface area contributed by atoms with Gasteiger partial charge in [-0.3, -0.25) is 0 Å². The lowest BCUT2D eigenvalue weighted by molar-refractivity contribution is 0.467. The van der Waals surface area contributed by atoms with E-state index < -0.39 is 0 Å². The van der Waals surface area contributed by atoms with Crippen molar-refractivity contribution in [3.63, 3.8) is 0 Å². The molecule has 0 aromatic heterocycles. The Labute approximate surface area is 367 Å². The number of para-hydroxylation sites is 2. The summed E-state index contributed by atoms with van der Waals surface area (Å²) < 4.78 is 14.6. The molecule has 4 heteroatoms. The van der Waals surface area contributed by atoms with Crippen molar-refractivity contribution in [2.45, 2.75) is 19.3 Å². The smallest absolute Gasteiger partial charge is 0.261 e. The Hall–Kier alpha value is -7.82. The largest absolute Gasteiger partial charge is 0.458 e. The Morgan fingerprint density at radius 1 is 0.429 bits per heavy atom. The zero-order valence-corrected chi connectivity index (χ0v) is 35.0. The van der Waals surface area contributed by atoms with Crippen molar-refractivity contribution < 1.29 is 9.47 Å². The zero-order valence-electron chi connectivity index (χ0n) is 35.0. The molecule has 3 nitrogen and oxygen atoms in total. The first-order chi connectivity index (χ1) is 31.0. The average molecular weight is 806 g/mol. The molecule has 0 saturated carbocycles. The minimum atomic E-state index is -0.339. The van der Waals surface area contributed by atoms with E-state index in [-0.39, 0.29) is 12.1 Å². The second-order valence-electron chi connectivity index (χ2n) is 17.5. The van der Waals surface area contributed by atoms with Crippen molar-refractivity contribution in [2.75, 3.05) is 4.90 Å². The van der Waals surface area contributed by atoms with Crippen molar-refractivity contribution in [3.05, 3.63) is 217 Å². The van der Waals surface area contributed by atoms with Gasteiger partial charge < -0.3 is 14.4 Å². The lowest BCUT2D eigenvalue weighted by Crippen LogP contribution is -2.58. The highest BCUT2D eigenvalue weighted by molar-refractivity contribution is 6.99. The standard InChI is InChI=1S/C59H40BNO2/c1-59(2)48-35-50-53(34-47(48)54-44-30-18-17-29-43(44)51(36-49(54)59)61(40-24-11-5-12-25-40)41-26-13-6-14-27-41)63-58-46(38-21-9-4-10-22-38)33-45(37-19-7-3-8-20-37)57-56(58)60(50)55-42-28-16-15-23-39(42)31-32-52(55)62-57/h3-36H,1-2H3. The summed E-state index contributed by atoms with van der Waals surface area (Å²) in [5.74, 6) is 3.48. The van der Waals surface area contributed by atoms with Crippen LogP contribution in [0.5, 0.6) is 23.0 Å². The molecule has 10 aromatic carbocycles. The summed E-state index contributed by atoms with van der Waals surface area (Å²) in [5.41, 5.74) is 15.9. The van der Waals surface area contributed by atoms with E-state index in [0.29, 0.717) is 0 Å². The topological polar surface area (TPSA) is 21.7 Å². The Balaban J connectivity index is 1.10. The Morgan fingerprint density at radius 2 is 0.968 bits per heavy atom. The summed E-state index contributed by atoms with van der Waals surface area (Å²) in [5, 5.41) is 4.81. The molecule has 296 valence electrons. The van der Waals surface area contributed by atoms with Gasteiger partial charge >= 0.3 is 0 Å². The van der Waals surface area contributed by atoms with E-state index in [1.54, 1.807) is 0 Å². The van der Waals surface area contributed by atoms with E-state index in [4.69, 9.17) is 9.47 Å². The van der Waals surface area contributed by atoms with Gasteiger partial charge in [-0.2, -0.15) is 0 Å². The zero-order chi connectivity index (χ0) is 41.8. The van der Waals surface area contributed by atoms with Crippen LogP contribution in [0.15, 0.2) is 206 Å². The third-order valence-electron chi connectivity index (χ3n) is 13.7. The van der Waals surface area contributed by atoms with Crippen LogP contribution >= 0.6 is 0 Å². The lowest BCUT2D eigenvalue weighted by atomic mass is 9.34. The number of rotatable bonds is 5. The van der Waals surface area contributed by atoms with Gasteiger partial charge in [0.15, 0.2) is 0 Å². The molecule has 63 heavy (non-hydrogen) atoms. The average Bonchev–Trinajstić information content (AvgIpc) is 3.56. The molecular weight excluding hydrogens is 765 g/mol. The van der Waals surface area contributed by atoms with Crippen LogP contribution in [0.4, 0.5) is 17.1 Å². The van der Waals surface area contributed by atoms with Crippen LogP contribution in [0.2, 0.25) is 0 Å². The van der Waals surface area contributed by atoms with Crippen molar-refractivity contribution >= 4 is 61.7 Å². The SMILES string of the molecule is CC1(C)c2cc3c(cc2-c2c1cc(N(c1ccccc1)c1ccccc1)c1ccccc21)Oc1c(-c2ccccc2)cc(-c2ccccc2)c2c1B3c1c(ccc3ccccc13)O2. The number of hydrogen-bond acceptors (Lipinski definition) is 3. The highest BCUT2D eigenvalue weighted by Gasteiger charge is 2.46. The van der Waals surface area contributed by atoms with Crippen LogP contribution in [-0.2, 0) is 5.41 Å². The number of hydrogen-bond donors (Lipinski definition) is 0. The maximum absolute atomic E-state index is 7.44. The Kier molecular flexibility index (Phi) is 7.75. The summed E-state index contributed by atoms with van der Waals surface area (Å²) in [6, 6.07) is 74.4. The third-order valence-corrected chi connectivity index (χ3v) is 13.7. The first-order valence-corrected chi connectivity index (χ1v) is 21.9. The van der Waals surface area contributed by atoms with Crippen LogP contribution in [0.1, 0.15) is 25.0 Å². The summed E-state index contributed by atoms with van der Waals surface area (Å²) in [6.07, 6.45) is 0. The normalized spacial score (nSPS) is 13.6. The van der Waals surface area contributed by atoms with Gasteiger partial charge in [0.1, 0.15) is 23.0 Å². The van der Waals surface area contributed by atoms with Crippen molar-refractivity contribution in [2.24, 2.45) is 0 Å². The van der Waals surface area contributed by atoms with Crippen LogP contribution in [0.25, 0.3) is 54.9 Å².